The van der Waals surface area contributed by atoms with Crippen LogP contribution >= 0.6 is 0 Å². The first-order valence-corrected chi connectivity index (χ1v) is 6.54. The third kappa shape index (κ3) is 2.42. The minimum Gasteiger partial charge on any atom is -0.392 e. The van der Waals surface area contributed by atoms with Gasteiger partial charge < -0.3 is 5.11 Å². The third-order valence-electron chi connectivity index (χ3n) is 2.57. The van der Waals surface area contributed by atoms with Gasteiger partial charge in [-0.25, -0.2) is 12.7 Å². The van der Waals surface area contributed by atoms with Gasteiger partial charge in [-0.3, -0.25) is 0 Å². The highest BCUT2D eigenvalue weighted by Gasteiger charge is 2.21. The smallest absolute Gasteiger partial charge is 0.243 e. The molecule has 16 heavy (non-hydrogen) atoms. The van der Waals surface area contributed by atoms with Crippen LogP contribution < -0.4 is 0 Å². The fourth-order valence-corrected chi connectivity index (χ4v) is 2.81. The van der Waals surface area contributed by atoms with Crippen molar-refractivity contribution < 1.29 is 13.5 Å². The SMILES string of the molecule is CCN(C)S(=O)(=O)c1cc(CO)ccc1C. The lowest BCUT2D eigenvalue weighted by molar-refractivity contribution is 0.281. The van der Waals surface area contributed by atoms with Crippen LogP contribution in [0.15, 0.2) is 23.1 Å². The van der Waals surface area contributed by atoms with E-state index >= 15 is 0 Å². The van der Waals surface area contributed by atoms with E-state index in [1.807, 2.05) is 0 Å². The van der Waals surface area contributed by atoms with Crippen LogP contribution in [-0.4, -0.2) is 31.4 Å². The van der Waals surface area contributed by atoms with Gasteiger partial charge in [0.05, 0.1) is 11.5 Å². The number of aliphatic hydroxyl groups is 1. The van der Waals surface area contributed by atoms with E-state index in [-0.39, 0.29) is 11.5 Å². The zero-order chi connectivity index (χ0) is 12.3. The molecule has 1 rings (SSSR count). The summed E-state index contributed by atoms with van der Waals surface area (Å²) in [7, 11) is -1.89. The van der Waals surface area contributed by atoms with Crippen molar-refractivity contribution in [1.82, 2.24) is 4.31 Å². The van der Waals surface area contributed by atoms with Crippen molar-refractivity contribution in [2.24, 2.45) is 0 Å². The summed E-state index contributed by atoms with van der Waals surface area (Å²) in [6.07, 6.45) is 0. The van der Waals surface area contributed by atoms with Gasteiger partial charge in [0.15, 0.2) is 0 Å². The molecule has 1 N–H and O–H groups in total. The number of aliphatic hydroxyl groups excluding tert-OH is 1. The number of hydrogen-bond acceptors (Lipinski definition) is 3. The van der Waals surface area contributed by atoms with Crippen LogP contribution in [0.5, 0.6) is 0 Å². The Balaban J connectivity index is 3.32. The van der Waals surface area contributed by atoms with Gasteiger partial charge in [-0.05, 0) is 24.1 Å². The maximum absolute atomic E-state index is 12.1. The molecule has 0 heterocycles. The minimum absolute atomic E-state index is 0.154. The number of nitrogens with zero attached hydrogens (tertiary/aromatic N) is 1. The fourth-order valence-electron chi connectivity index (χ4n) is 1.36. The Hall–Kier alpha value is -0.910. The molecule has 0 bridgehead atoms. The summed E-state index contributed by atoms with van der Waals surface area (Å²) >= 11 is 0. The molecule has 0 saturated heterocycles. The Bertz CT molecular complexity index is 468. The van der Waals surface area contributed by atoms with E-state index in [4.69, 9.17) is 5.11 Å². The molecular formula is C11H17NO3S. The van der Waals surface area contributed by atoms with Gasteiger partial charge in [-0.1, -0.05) is 19.1 Å². The lowest BCUT2D eigenvalue weighted by atomic mass is 10.2. The second kappa shape index (κ2) is 4.95. The molecule has 0 spiro atoms. The summed E-state index contributed by atoms with van der Waals surface area (Å²) in [4.78, 5) is 0.267. The molecule has 90 valence electrons. The van der Waals surface area contributed by atoms with Gasteiger partial charge in [0, 0.05) is 13.6 Å². The first kappa shape index (κ1) is 13.2. The Morgan fingerprint density at radius 3 is 2.50 bits per heavy atom. The quantitative estimate of drug-likeness (QED) is 0.862. The Morgan fingerprint density at radius 2 is 2.00 bits per heavy atom. The summed E-state index contributed by atoms with van der Waals surface area (Å²) in [6.45, 7) is 3.80. The number of sulfonamides is 1. The highest BCUT2D eigenvalue weighted by Crippen LogP contribution is 2.20. The van der Waals surface area contributed by atoms with E-state index in [0.29, 0.717) is 17.7 Å². The second-order valence-corrected chi connectivity index (χ2v) is 5.69. The van der Waals surface area contributed by atoms with Crippen molar-refractivity contribution in [3.8, 4) is 0 Å². The molecule has 0 aromatic heterocycles. The fraction of sp³-hybridized carbons (Fsp3) is 0.455. The summed E-state index contributed by atoms with van der Waals surface area (Å²) in [5.41, 5.74) is 1.30. The monoisotopic (exact) mass is 243 g/mol. The molecule has 1 aromatic carbocycles. The molecule has 0 amide bonds. The van der Waals surface area contributed by atoms with Gasteiger partial charge in [0.1, 0.15) is 0 Å². The maximum Gasteiger partial charge on any atom is 0.243 e. The summed E-state index contributed by atoms with van der Waals surface area (Å²) in [5.74, 6) is 0. The van der Waals surface area contributed by atoms with E-state index in [0.717, 1.165) is 0 Å². The van der Waals surface area contributed by atoms with E-state index in [9.17, 15) is 8.42 Å². The van der Waals surface area contributed by atoms with Crippen molar-refractivity contribution in [1.29, 1.82) is 0 Å². The van der Waals surface area contributed by atoms with Crippen LogP contribution in [0.2, 0.25) is 0 Å². The molecule has 0 unspecified atom stereocenters. The van der Waals surface area contributed by atoms with Gasteiger partial charge in [0.25, 0.3) is 0 Å². The molecule has 5 heteroatoms. The van der Waals surface area contributed by atoms with Crippen LogP contribution in [0, 0.1) is 6.92 Å². The van der Waals surface area contributed by atoms with Crippen LogP contribution in [0.25, 0.3) is 0 Å². The average Bonchev–Trinajstić information content (AvgIpc) is 2.28. The molecule has 0 aliphatic rings. The molecule has 0 radical (unpaired) electrons. The summed E-state index contributed by atoms with van der Waals surface area (Å²) in [6, 6.07) is 4.96. The third-order valence-corrected chi connectivity index (χ3v) is 4.64. The largest absolute Gasteiger partial charge is 0.392 e. The van der Waals surface area contributed by atoms with Crippen molar-refractivity contribution >= 4 is 10.0 Å². The van der Waals surface area contributed by atoms with Gasteiger partial charge in [-0.2, -0.15) is 0 Å². The van der Waals surface area contributed by atoms with Crippen molar-refractivity contribution in [3.63, 3.8) is 0 Å². The average molecular weight is 243 g/mol. The van der Waals surface area contributed by atoms with Crippen molar-refractivity contribution in [2.75, 3.05) is 13.6 Å². The van der Waals surface area contributed by atoms with Gasteiger partial charge in [0.2, 0.25) is 10.0 Å². The van der Waals surface area contributed by atoms with E-state index in [2.05, 4.69) is 0 Å². The zero-order valence-corrected chi connectivity index (χ0v) is 10.6. The summed E-state index contributed by atoms with van der Waals surface area (Å²) in [5, 5.41) is 9.01. The molecule has 1 aromatic rings. The first-order valence-electron chi connectivity index (χ1n) is 5.10. The predicted molar refractivity (Wildman–Crippen MR) is 62.6 cm³/mol. The van der Waals surface area contributed by atoms with Crippen LogP contribution in [0.1, 0.15) is 18.1 Å². The topological polar surface area (TPSA) is 57.6 Å². The standard InChI is InChI=1S/C11H17NO3S/c1-4-12(3)16(14,15)11-7-10(8-13)6-5-9(11)2/h5-7,13H,4,8H2,1-3H3. The summed E-state index contributed by atoms with van der Waals surface area (Å²) < 4.78 is 25.5. The number of hydrogen-bond donors (Lipinski definition) is 1. The Labute approximate surface area is 96.6 Å². The van der Waals surface area contributed by atoms with Crippen molar-refractivity contribution in [2.45, 2.75) is 25.3 Å². The number of benzene rings is 1. The Morgan fingerprint density at radius 1 is 1.38 bits per heavy atom. The number of rotatable bonds is 4. The highest BCUT2D eigenvalue weighted by molar-refractivity contribution is 7.89. The van der Waals surface area contributed by atoms with E-state index in [1.54, 1.807) is 33.0 Å². The molecule has 0 aliphatic heterocycles. The molecule has 0 saturated carbocycles. The van der Waals surface area contributed by atoms with Gasteiger partial charge in [-0.15, -0.1) is 0 Å². The molecule has 0 aliphatic carbocycles. The van der Waals surface area contributed by atoms with Crippen LogP contribution in [0.4, 0.5) is 0 Å². The second-order valence-electron chi connectivity index (χ2n) is 3.68. The van der Waals surface area contributed by atoms with E-state index < -0.39 is 10.0 Å². The van der Waals surface area contributed by atoms with Gasteiger partial charge >= 0.3 is 0 Å². The highest BCUT2D eigenvalue weighted by atomic mass is 32.2. The van der Waals surface area contributed by atoms with Crippen molar-refractivity contribution in [3.05, 3.63) is 29.3 Å². The van der Waals surface area contributed by atoms with Crippen LogP contribution in [0.3, 0.4) is 0 Å². The normalized spacial score (nSPS) is 12.1. The lowest BCUT2D eigenvalue weighted by Crippen LogP contribution is -2.27. The minimum atomic E-state index is -3.43. The predicted octanol–water partition coefficient (Wildman–Crippen LogP) is 1.13. The molecular weight excluding hydrogens is 226 g/mol. The first-order chi connectivity index (χ1) is 7.43. The molecule has 0 atom stereocenters. The van der Waals surface area contributed by atoms with E-state index in [1.165, 1.54) is 10.4 Å². The van der Waals surface area contributed by atoms with Crippen LogP contribution in [-0.2, 0) is 16.6 Å². The molecule has 4 nitrogen and oxygen atoms in total. The number of aryl methyl sites for hydroxylation is 1. The molecule has 0 fully saturated rings. The lowest BCUT2D eigenvalue weighted by Gasteiger charge is -2.17. The maximum atomic E-state index is 12.1. The zero-order valence-electron chi connectivity index (χ0n) is 9.77. The Kier molecular flexibility index (Phi) is 4.07.